The van der Waals surface area contributed by atoms with Gasteiger partial charge in [0, 0.05) is 0 Å². The van der Waals surface area contributed by atoms with Crippen LogP contribution in [0.2, 0.25) is 0 Å². The number of hydrogen-bond donors (Lipinski definition) is 2. The van der Waals surface area contributed by atoms with Gasteiger partial charge in [-0.1, -0.05) is 12.1 Å². The maximum Gasteiger partial charge on any atom is 0.326 e. The number of ether oxygens (including phenoxy) is 2. The molecule has 106 valence electrons. The van der Waals surface area contributed by atoms with Crippen LogP contribution in [0.3, 0.4) is 0 Å². The number of aliphatic hydroxyl groups excluding tert-OH is 1. The van der Waals surface area contributed by atoms with E-state index in [1.165, 1.54) is 0 Å². The van der Waals surface area contributed by atoms with Gasteiger partial charge in [-0.2, -0.15) is 0 Å². The van der Waals surface area contributed by atoms with Crippen LogP contribution in [0.5, 0.6) is 5.75 Å². The second-order valence-corrected chi connectivity index (χ2v) is 5.28. The highest BCUT2D eigenvalue weighted by Crippen LogP contribution is 2.21. The lowest BCUT2D eigenvalue weighted by Crippen LogP contribution is -2.41. The number of nitrogens with two attached hydrogens (primary N) is 1. The second kappa shape index (κ2) is 6.04. The van der Waals surface area contributed by atoms with E-state index in [0.717, 1.165) is 0 Å². The van der Waals surface area contributed by atoms with Crippen LogP contribution in [0.15, 0.2) is 24.3 Å². The Hall–Kier alpha value is -1.59. The Morgan fingerprint density at radius 1 is 1.26 bits per heavy atom. The van der Waals surface area contributed by atoms with E-state index in [4.69, 9.17) is 15.2 Å². The van der Waals surface area contributed by atoms with Gasteiger partial charge in [0.1, 0.15) is 23.5 Å². The fourth-order valence-electron chi connectivity index (χ4n) is 1.51. The summed E-state index contributed by atoms with van der Waals surface area (Å²) in [7, 11) is 1.55. The first-order chi connectivity index (χ1) is 8.74. The molecule has 0 aliphatic heterocycles. The number of carbonyl (C=O) groups is 1. The zero-order valence-electron chi connectivity index (χ0n) is 11.7. The van der Waals surface area contributed by atoms with Gasteiger partial charge in [-0.15, -0.1) is 0 Å². The van der Waals surface area contributed by atoms with Crippen molar-refractivity contribution < 1.29 is 19.4 Å². The minimum Gasteiger partial charge on any atom is -0.497 e. The van der Waals surface area contributed by atoms with Crippen LogP contribution in [0.1, 0.15) is 32.4 Å². The minimum absolute atomic E-state index is 0.541. The summed E-state index contributed by atoms with van der Waals surface area (Å²) in [5, 5.41) is 10.1. The smallest absolute Gasteiger partial charge is 0.326 e. The molecule has 0 heterocycles. The Kier molecular flexibility index (Phi) is 4.91. The fraction of sp³-hybridized carbons (Fsp3) is 0.500. The van der Waals surface area contributed by atoms with Crippen molar-refractivity contribution in [2.45, 2.75) is 38.5 Å². The summed E-state index contributed by atoms with van der Waals surface area (Å²) in [6, 6.07) is 5.59. The van der Waals surface area contributed by atoms with E-state index in [0.29, 0.717) is 11.3 Å². The average Bonchev–Trinajstić information content (AvgIpc) is 2.35. The Balaban J connectivity index is 2.75. The third-order valence-corrected chi connectivity index (χ3v) is 2.48. The van der Waals surface area contributed by atoms with Crippen LogP contribution in [0, 0.1) is 0 Å². The summed E-state index contributed by atoms with van der Waals surface area (Å²) in [5.74, 6) is 0.0395. The SMILES string of the molecule is COc1ccc([C@H](O)[C@H](N)C(=O)OC(C)(C)C)cc1. The molecule has 0 amide bonds. The van der Waals surface area contributed by atoms with Crippen molar-refractivity contribution in [3.63, 3.8) is 0 Å². The van der Waals surface area contributed by atoms with Crippen molar-refractivity contribution in [2.75, 3.05) is 7.11 Å². The molecule has 0 spiro atoms. The molecule has 2 atom stereocenters. The molecule has 0 saturated heterocycles. The molecular weight excluding hydrogens is 246 g/mol. The first-order valence-electron chi connectivity index (χ1n) is 6.05. The molecule has 1 aromatic rings. The summed E-state index contributed by atoms with van der Waals surface area (Å²) in [6.45, 7) is 5.24. The van der Waals surface area contributed by atoms with Crippen LogP contribution in [0.4, 0.5) is 0 Å². The highest BCUT2D eigenvalue weighted by molar-refractivity contribution is 5.77. The normalized spacial score (nSPS) is 14.6. The summed E-state index contributed by atoms with van der Waals surface area (Å²) < 4.78 is 10.2. The Morgan fingerprint density at radius 2 is 1.79 bits per heavy atom. The first-order valence-corrected chi connectivity index (χ1v) is 6.05. The van der Waals surface area contributed by atoms with Crippen molar-refractivity contribution in [1.82, 2.24) is 0 Å². The summed E-state index contributed by atoms with van der Waals surface area (Å²) in [6.07, 6.45) is -1.11. The van der Waals surface area contributed by atoms with E-state index in [9.17, 15) is 9.90 Å². The van der Waals surface area contributed by atoms with Crippen molar-refractivity contribution in [3.05, 3.63) is 29.8 Å². The lowest BCUT2D eigenvalue weighted by molar-refractivity contribution is -0.159. The molecule has 1 rings (SSSR count). The summed E-state index contributed by atoms with van der Waals surface area (Å²) in [5.41, 5.74) is 5.62. The van der Waals surface area contributed by atoms with Gasteiger partial charge < -0.3 is 20.3 Å². The van der Waals surface area contributed by atoms with Gasteiger partial charge in [0.2, 0.25) is 0 Å². The van der Waals surface area contributed by atoms with E-state index in [1.807, 2.05) is 0 Å². The lowest BCUT2D eigenvalue weighted by Gasteiger charge is -2.24. The van der Waals surface area contributed by atoms with Gasteiger partial charge >= 0.3 is 5.97 Å². The van der Waals surface area contributed by atoms with Gasteiger partial charge in [-0.3, -0.25) is 4.79 Å². The van der Waals surface area contributed by atoms with Crippen molar-refractivity contribution in [3.8, 4) is 5.75 Å². The molecule has 0 bridgehead atoms. The van der Waals surface area contributed by atoms with Gasteiger partial charge in [0.15, 0.2) is 0 Å². The molecule has 0 unspecified atom stereocenters. The van der Waals surface area contributed by atoms with Crippen molar-refractivity contribution >= 4 is 5.97 Å². The van der Waals surface area contributed by atoms with Crippen LogP contribution in [-0.4, -0.2) is 29.8 Å². The average molecular weight is 267 g/mol. The number of carbonyl (C=O) groups excluding carboxylic acids is 1. The zero-order valence-corrected chi connectivity index (χ0v) is 11.7. The Morgan fingerprint density at radius 3 is 2.21 bits per heavy atom. The lowest BCUT2D eigenvalue weighted by atomic mass is 10.0. The molecule has 3 N–H and O–H groups in total. The summed E-state index contributed by atoms with van der Waals surface area (Å²) in [4.78, 5) is 11.8. The Bertz CT molecular complexity index is 422. The largest absolute Gasteiger partial charge is 0.497 e. The quantitative estimate of drug-likeness (QED) is 0.806. The molecule has 5 heteroatoms. The van der Waals surface area contributed by atoms with Gasteiger partial charge in [-0.25, -0.2) is 0 Å². The molecule has 0 saturated carbocycles. The van der Waals surface area contributed by atoms with Gasteiger partial charge in [-0.05, 0) is 38.5 Å². The highest BCUT2D eigenvalue weighted by atomic mass is 16.6. The van der Waals surface area contributed by atoms with E-state index in [2.05, 4.69) is 0 Å². The van der Waals surface area contributed by atoms with Crippen molar-refractivity contribution in [1.29, 1.82) is 0 Å². The number of methoxy groups -OCH3 is 1. The van der Waals surface area contributed by atoms with E-state index in [-0.39, 0.29) is 0 Å². The number of rotatable bonds is 4. The predicted octanol–water partition coefficient (Wildman–Crippen LogP) is 1.40. The molecule has 0 aliphatic carbocycles. The standard InChI is InChI=1S/C14H21NO4/c1-14(2,3)19-13(17)11(15)12(16)9-5-7-10(18-4)8-6-9/h5-8,11-12,16H,15H2,1-4H3/t11-,12-/m0/s1. The molecular formula is C14H21NO4. The molecule has 0 aromatic heterocycles. The highest BCUT2D eigenvalue weighted by Gasteiger charge is 2.28. The molecule has 0 fully saturated rings. The zero-order chi connectivity index (χ0) is 14.6. The third kappa shape index (κ3) is 4.54. The maximum atomic E-state index is 11.8. The van der Waals surface area contributed by atoms with E-state index >= 15 is 0 Å². The van der Waals surface area contributed by atoms with Crippen LogP contribution in [-0.2, 0) is 9.53 Å². The Labute approximate surface area is 113 Å². The van der Waals surface area contributed by atoms with Gasteiger partial charge in [0.25, 0.3) is 0 Å². The molecule has 19 heavy (non-hydrogen) atoms. The second-order valence-electron chi connectivity index (χ2n) is 5.28. The number of benzene rings is 1. The van der Waals surface area contributed by atoms with Crippen LogP contribution >= 0.6 is 0 Å². The molecule has 0 aliphatic rings. The summed E-state index contributed by atoms with van der Waals surface area (Å²) >= 11 is 0. The fourth-order valence-corrected chi connectivity index (χ4v) is 1.51. The minimum atomic E-state index is -1.12. The molecule has 5 nitrogen and oxygen atoms in total. The van der Waals surface area contributed by atoms with Crippen molar-refractivity contribution in [2.24, 2.45) is 5.73 Å². The predicted molar refractivity (Wildman–Crippen MR) is 71.8 cm³/mol. The number of aliphatic hydroxyl groups is 1. The van der Waals surface area contributed by atoms with Crippen LogP contribution in [0.25, 0.3) is 0 Å². The van der Waals surface area contributed by atoms with E-state index in [1.54, 1.807) is 52.1 Å². The maximum absolute atomic E-state index is 11.8. The van der Waals surface area contributed by atoms with E-state index < -0.39 is 23.7 Å². The van der Waals surface area contributed by atoms with Crippen LogP contribution < -0.4 is 10.5 Å². The van der Waals surface area contributed by atoms with Gasteiger partial charge in [0.05, 0.1) is 7.11 Å². The monoisotopic (exact) mass is 267 g/mol. The first kappa shape index (κ1) is 15.5. The third-order valence-electron chi connectivity index (χ3n) is 2.48. The topological polar surface area (TPSA) is 81.8 Å². The molecule has 1 aromatic carbocycles. The number of esters is 1. The number of hydrogen-bond acceptors (Lipinski definition) is 5. The molecule has 0 radical (unpaired) electrons.